The number of nitrogens with one attached hydrogen (secondary N) is 2. The van der Waals surface area contributed by atoms with Crippen LogP contribution in [0.1, 0.15) is 43.8 Å². The van der Waals surface area contributed by atoms with Crippen LogP contribution in [0.4, 0.5) is 11.6 Å². The van der Waals surface area contributed by atoms with E-state index in [1.165, 1.54) is 45.2 Å². The van der Waals surface area contributed by atoms with E-state index in [4.69, 9.17) is 5.84 Å². The first-order chi connectivity index (χ1) is 10.2. The highest BCUT2D eigenvalue weighted by Gasteiger charge is 2.27. The quantitative estimate of drug-likeness (QED) is 0.547. The van der Waals surface area contributed by atoms with Gasteiger partial charge in [-0.3, -0.25) is 0 Å². The molecule has 1 aromatic heterocycles. The summed E-state index contributed by atoms with van der Waals surface area (Å²) in [6.45, 7) is 3.43. The maximum Gasteiger partial charge on any atom is 0.145 e. The second kappa shape index (κ2) is 6.58. The number of aromatic nitrogens is 2. The Hall–Kier alpha value is -1.40. The third-order valence-corrected chi connectivity index (χ3v) is 4.53. The molecule has 1 aromatic rings. The largest absolute Gasteiger partial charge is 0.370 e. The average molecular weight is 290 g/mol. The van der Waals surface area contributed by atoms with Crippen molar-refractivity contribution in [2.24, 2.45) is 11.8 Å². The molecule has 1 aliphatic carbocycles. The highest BCUT2D eigenvalue weighted by atomic mass is 15.3. The number of piperidine rings is 1. The molecule has 21 heavy (non-hydrogen) atoms. The number of rotatable bonds is 6. The number of nitrogen functional groups attached to an aromatic ring is 1. The Morgan fingerprint density at radius 1 is 1.19 bits per heavy atom. The van der Waals surface area contributed by atoms with Gasteiger partial charge in [0, 0.05) is 18.5 Å². The van der Waals surface area contributed by atoms with Gasteiger partial charge in [0.1, 0.15) is 17.5 Å². The van der Waals surface area contributed by atoms with Crippen LogP contribution in [-0.4, -0.2) is 41.5 Å². The molecule has 0 spiro atoms. The lowest BCUT2D eigenvalue weighted by molar-refractivity contribution is 0.215. The van der Waals surface area contributed by atoms with E-state index < -0.39 is 0 Å². The summed E-state index contributed by atoms with van der Waals surface area (Å²) >= 11 is 0. The molecule has 6 heteroatoms. The van der Waals surface area contributed by atoms with Gasteiger partial charge in [-0.15, -0.1) is 0 Å². The van der Waals surface area contributed by atoms with Crippen LogP contribution >= 0.6 is 0 Å². The van der Waals surface area contributed by atoms with E-state index >= 15 is 0 Å². The summed E-state index contributed by atoms with van der Waals surface area (Å²) in [6.07, 6.45) is 6.23. The minimum atomic E-state index is 0.535. The SMILES string of the molecule is CN1CCC(CCNc2cc(NN)nc(C3CC3)n2)CC1. The monoisotopic (exact) mass is 290 g/mol. The molecular weight excluding hydrogens is 264 g/mol. The second-order valence-corrected chi connectivity index (χ2v) is 6.38. The fourth-order valence-electron chi connectivity index (χ4n) is 2.91. The van der Waals surface area contributed by atoms with Crippen molar-refractivity contribution in [2.45, 2.75) is 38.0 Å². The van der Waals surface area contributed by atoms with Gasteiger partial charge in [0.15, 0.2) is 0 Å². The van der Waals surface area contributed by atoms with Crippen LogP contribution in [0.5, 0.6) is 0 Å². The first-order valence-electron chi connectivity index (χ1n) is 8.02. The summed E-state index contributed by atoms with van der Waals surface area (Å²) < 4.78 is 0. The number of nitrogens with two attached hydrogens (primary N) is 1. The van der Waals surface area contributed by atoms with Gasteiger partial charge in [0.2, 0.25) is 0 Å². The molecule has 0 bridgehead atoms. The Morgan fingerprint density at radius 2 is 1.90 bits per heavy atom. The third-order valence-electron chi connectivity index (χ3n) is 4.53. The normalized spacial score (nSPS) is 20.5. The van der Waals surface area contributed by atoms with Crippen LogP contribution in [-0.2, 0) is 0 Å². The summed E-state index contributed by atoms with van der Waals surface area (Å²) in [5, 5.41) is 3.44. The molecular formula is C15H26N6. The van der Waals surface area contributed by atoms with E-state index in [1.54, 1.807) is 0 Å². The van der Waals surface area contributed by atoms with Crippen molar-refractivity contribution in [1.29, 1.82) is 0 Å². The molecule has 2 aliphatic rings. The van der Waals surface area contributed by atoms with Crippen LogP contribution < -0.4 is 16.6 Å². The summed E-state index contributed by atoms with van der Waals surface area (Å²) in [6, 6.07) is 1.89. The molecule has 6 nitrogen and oxygen atoms in total. The van der Waals surface area contributed by atoms with Crippen LogP contribution in [0, 0.1) is 5.92 Å². The van der Waals surface area contributed by atoms with E-state index in [0.29, 0.717) is 11.7 Å². The van der Waals surface area contributed by atoms with Crippen LogP contribution in [0.25, 0.3) is 0 Å². The maximum atomic E-state index is 5.49. The Labute approximate surface area is 126 Å². The maximum absolute atomic E-state index is 5.49. The molecule has 0 aromatic carbocycles. The molecule has 1 saturated carbocycles. The third kappa shape index (κ3) is 4.04. The Bertz CT molecular complexity index is 465. The van der Waals surface area contributed by atoms with Gasteiger partial charge < -0.3 is 15.6 Å². The molecule has 0 radical (unpaired) electrons. The number of hydrogen-bond acceptors (Lipinski definition) is 6. The number of likely N-dealkylation sites (tertiary alicyclic amines) is 1. The number of anilines is 2. The molecule has 0 unspecified atom stereocenters. The summed E-state index contributed by atoms with van der Waals surface area (Å²) in [7, 11) is 2.20. The van der Waals surface area contributed by atoms with E-state index in [-0.39, 0.29) is 0 Å². The van der Waals surface area contributed by atoms with Crippen molar-refractivity contribution in [3.8, 4) is 0 Å². The number of nitrogens with zero attached hydrogens (tertiary/aromatic N) is 3. The molecule has 1 saturated heterocycles. The number of hydrogen-bond donors (Lipinski definition) is 3. The predicted molar refractivity (Wildman–Crippen MR) is 85.1 cm³/mol. The molecule has 1 aliphatic heterocycles. The summed E-state index contributed by atoms with van der Waals surface area (Å²) in [4.78, 5) is 11.5. The first kappa shape index (κ1) is 14.5. The summed E-state index contributed by atoms with van der Waals surface area (Å²) in [5.41, 5.74) is 2.64. The van der Waals surface area contributed by atoms with Gasteiger partial charge in [0.05, 0.1) is 0 Å². The van der Waals surface area contributed by atoms with Crippen LogP contribution in [0.15, 0.2) is 6.07 Å². The van der Waals surface area contributed by atoms with Gasteiger partial charge in [-0.05, 0) is 58.2 Å². The van der Waals surface area contributed by atoms with Crippen molar-refractivity contribution < 1.29 is 0 Å². The van der Waals surface area contributed by atoms with Crippen molar-refractivity contribution >= 4 is 11.6 Å². The molecule has 2 heterocycles. The van der Waals surface area contributed by atoms with E-state index in [0.717, 1.165) is 24.1 Å². The van der Waals surface area contributed by atoms with E-state index in [2.05, 4.69) is 32.7 Å². The van der Waals surface area contributed by atoms with Crippen molar-refractivity contribution in [3.05, 3.63) is 11.9 Å². The standard InChI is InChI=1S/C15H26N6/c1-21-8-5-11(6-9-21)4-7-17-13-10-14(20-16)19-15(18-13)12-2-3-12/h10-12H,2-9,16H2,1H3,(H2,17,18,19,20). The zero-order chi connectivity index (χ0) is 14.7. The summed E-state index contributed by atoms with van der Waals surface area (Å²) in [5.74, 6) is 9.39. The van der Waals surface area contributed by atoms with Crippen LogP contribution in [0.2, 0.25) is 0 Å². The highest BCUT2D eigenvalue weighted by Crippen LogP contribution is 2.38. The lowest BCUT2D eigenvalue weighted by Gasteiger charge is -2.28. The lowest BCUT2D eigenvalue weighted by atomic mass is 9.94. The highest BCUT2D eigenvalue weighted by molar-refractivity contribution is 5.47. The fraction of sp³-hybridized carbons (Fsp3) is 0.733. The average Bonchev–Trinajstić information content (AvgIpc) is 3.34. The molecule has 3 rings (SSSR count). The molecule has 0 atom stereocenters. The van der Waals surface area contributed by atoms with Gasteiger partial charge in [-0.1, -0.05) is 0 Å². The predicted octanol–water partition coefficient (Wildman–Crippen LogP) is 1.78. The van der Waals surface area contributed by atoms with E-state index in [1.807, 2.05) is 6.07 Å². The van der Waals surface area contributed by atoms with Gasteiger partial charge in [-0.2, -0.15) is 0 Å². The Kier molecular flexibility index (Phi) is 4.55. The lowest BCUT2D eigenvalue weighted by Crippen LogP contribution is -2.30. The Balaban J connectivity index is 1.51. The molecule has 4 N–H and O–H groups in total. The molecule has 116 valence electrons. The van der Waals surface area contributed by atoms with Crippen LogP contribution in [0.3, 0.4) is 0 Å². The smallest absolute Gasteiger partial charge is 0.145 e. The van der Waals surface area contributed by atoms with Gasteiger partial charge in [0.25, 0.3) is 0 Å². The number of hydrazine groups is 1. The Morgan fingerprint density at radius 3 is 2.57 bits per heavy atom. The molecule has 2 fully saturated rings. The zero-order valence-corrected chi connectivity index (χ0v) is 12.8. The van der Waals surface area contributed by atoms with E-state index in [9.17, 15) is 0 Å². The minimum Gasteiger partial charge on any atom is -0.370 e. The molecule has 0 amide bonds. The topological polar surface area (TPSA) is 79.1 Å². The second-order valence-electron chi connectivity index (χ2n) is 6.38. The zero-order valence-electron chi connectivity index (χ0n) is 12.8. The first-order valence-corrected chi connectivity index (χ1v) is 8.02. The van der Waals surface area contributed by atoms with Gasteiger partial charge >= 0.3 is 0 Å². The van der Waals surface area contributed by atoms with Gasteiger partial charge in [-0.25, -0.2) is 15.8 Å². The van der Waals surface area contributed by atoms with Crippen molar-refractivity contribution in [1.82, 2.24) is 14.9 Å². The van der Waals surface area contributed by atoms with Crippen molar-refractivity contribution in [2.75, 3.05) is 37.4 Å². The fourth-order valence-corrected chi connectivity index (χ4v) is 2.91. The van der Waals surface area contributed by atoms with Crippen molar-refractivity contribution in [3.63, 3.8) is 0 Å². The minimum absolute atomic E-state index is 0.535.